The van der Waals surface area contributed by atoms with E-state index in [1.54, 1.807) is 0 Å². The number of hydrogen-bond donors (Lipinski definition) is 2. The number of para-hydroxylation sites is 1. The van der Waals surface area contributed by atoms with Crippen LogP contribution in [0.1, 0.15) is 36.0 Å². The molecule has 0 radical (unpaired) electrons. The molecule has 1 saturated carbocycles. The average Bonchev–Trinajstić information content (AvgIpc) is 2.40. The van der Waals surface area contributed by atoms with Crippen LogP contribution in [0.5, 0.6) is 5.75 Å². The van der Waals surface area contributed by atoms with E-state index in [1.807, 2.05) is 0 Å². The fourth-order valence-electron chi connectivity index (χ4n) is 2.39. The van der Waals surface area contributed by atoms with E-state index < -0.39 is 30.2 Å². The first kappa shape index (κ1) is 15.6. The summed E-state index contributed by atoms with van der Waals surface area (Å²) in [4.78, 5) is 12.1. The zero-order chi connectivity index (χ0) is 15.5. The molecule has 1 aromatic rings. The molecule has 1 fully saturated rings. The van der Waals surface area contributed by atoms with Crippen molar-refractivity contribution in [3.63, 3.8) is 0 Å². The SMILES string of the molecule is O=C(NC1CCCCC1O)c1ccccc1OC(F)(F)F. The lowest BCUT2D eigenvalue weighted by Crippen LogP contribution is -2.45. The van der Waals surface area contributed by atoms with Gasteiger partial charge in [0.05, 0.1) is 17.7 Å². The number of ether oxygens (including phenoxy) is 1. The molecule has 21 heavy (non-hydrogen) atoms. The van der Waals surface area contributed by atoms with Gasteiger partial charge in [-0.15, -0.1) is 13.2 Å². The molecule has 2 rings (SSSR count). The van der Waals surface area contributed by atoms with Gasteiger partial charge in [0.2, 0.25) is 0 Å². The first-order valence-electron chi connectivity index (χ1n) is 6.70. The predicted molar refractivity (Wildman–Crippen MR) is 68.9 cm³/mol. The Kier molecular flexibility index (Phi) is 4.72. The number of amides is 1. The van der Waals surface area contributed by atoms with E-state index in [0.717, 1.165) is 18.9 Å². The second kappa shape index (κ2) is 6.34. The number of carbonyl (C=O) groups is 1. The molecule has 0 bridgehead atoms. The largest absolute Gasteiger partial charge is 0.573 e. The Balaban J connectivity index is 2.11. The van der Waals surface area contributed by atoms with Crippen LogP contribution in [0.2, 0.25) is 0 Å². The van der Waals surface area contributed by atoms with Gasteiger partial charge in [-0.1, -0.05) is 25.0 Å². The van der Waals surface area contributed by atoms with Crippen LogP contribution in [0.15, 0.2) is 24.3 Å². The number of carbonyl (C=O) groups excluding carboxylic acids is 1. The van der Waals surface area contributed by atoms with Crippen molar-refractivity contribution in [1.29, 1.82) is 0 Å². The Hall–Kier alpha value is -1.76. The molecule has 116 valence electrons. The molecule has 0 spiro atoms. The van der Waals surface area contributed by atoms with Gasteiger partial charge in [0.25, 0.3) is 5.91 Å². The second-order valence-corrected chi connectivity index (χ2v) is 4.98. The van der Waals surface area contributed by atoms with Crippen molar-refractivity contribution in [3.05, 3.63) is 29.8 Å². The topological polar surface area (TPSA) is 58.6 Å². The standard InChI is InChI=1S/C14H16F3NO3/c15-14(16,17)21-12-8-4-1-5-9(12)13(20)18-10-6-2-3-7-11(10)19/h1,4-5,8,10-11,19H,2-3,6-7H2,(H,18,20). The zero-order valence-corrected chi connectivity index (χ0v) is 11.2. The smallest absolute Gasteiger partial charge is 0.405 e. The minimum Gasteiger partial charge on any atom is -0.405 e. The summed E-state index contributed by atoms with van der Waals surface area (Å²) in [5.74, 6) is -1.23. The van der Waals surface area contributed by atoms with Gasteiger partial charge in [0.15, 0.2) is 0 Å². The molecule has 0 aromatic heterocycles. The van der Waals surface area contributed by atoms with Gasteiger partial charge in [-0.25, -0.2) is 0 Å². The molecule has 0 aliphatic heterocycles. The van der Waals surface area contributed by atoms with Gasteiger partial charge < -0.3 is 15.2 Å². The summed E-state index contributed by atoms with van der Waals surface area (Å²) in [5, 5.41) is 12.4. The molecular weight excluding hydrogens is 287 g/mol. The number of benzene rings is 1. The Morgan fingerprint density at radius 1 is 1.24 bits per heavy atom. The maximum Gasteiger partial charge on any atom is 0.573 e. The van der Waals surface area contributed by atoms with Crippen LogP contribution in [-0.4, -0.2) is 29.5 Å². The molecule has 1 aliphatic carbocycles. The van der Waals surface area contributed by atoms with Crippen LogP contribution in [0.25, 0.3) is 0 Å². The quantitative estimate of drug-likeness (QED) is 0.902. The Morgan fingerprint density at radius 3 is 2.57 bits per heavy atom. The van der Waals surface area contributed by atoms with Crippen molar-refractivity contribution in [2.45, 2.75) is 44.2 Å². The van der Waals surface area contributed by atoms with Crippen molar-refractivity contribution in [1.82, 2.24) is 5.32 Å². The van der Waals surface area contributed by atoms with Crippen molar-refractivity contribution < 1.29 is 27.8 Å². The summed E-state index contributed by atoms with van der Waals surface area (Å²) in [7, 11) is 0. The van der Waals surface area contributed by atoms with Crippen molar-refractivity contribution in [3.8, 4) is 5.75 Å². The number of aliphatic hydroxyl groups is 1. The highest BCUT2D eigenvalue weighted by molar-refractivity contribution is 5.97. The summed E-state index contributed by atoms with van der Waals surface area (Å²) in [6.07, 6.45) is -2.61. The first-order chi connectivity index (χ1) is 9.87. The molecule has 2 N–H and O–H groups in total. The van der Waals surface area contributed by atoms with Crippen LogP contribution < -0.4 is 10.1 Å². The van der Waals surface area contributed by atoms with Gasteiger partial charge >= 0.3 is 6.36 Å². The monoisotopic (exact) mass is 303 g/mol. The molecule has 2 unspecified atom stereocenters. The lowest BCUT2D eigenvalue weighted by Gasteiger charge is -2.28. The number of nitrogens with one attached hydrogen (secondary N) is 1. The third-order valence-corrected chi connectivity index (χ3v) is 3.40. The van der Waals surface area contributed by atoms with Crippen molar-refractivity contribution >= 4 is 5.91 Å². The Labute approximate surface area is 119 Å². The molecule has 2 atom stereocenters. The molecule has 7 heteroatoms. The second-order valence-electron chi connectivity index (χ2n) is 4.98. The summed E-state index contributed by atoms with van der Waals surface area (Å²) in [5.41, 5.74) is -0.201. The van der Waals surface area contributed by atoms with Crippen molar-refractivity contribution in [2.75, 3.05) is 0 Å². The molecule has 0 saturated heterocycles. The summed E-state index contributed by atoms with van der Waals surface area (Å²) in [6, 6.07) is 4.71. The maximum absolute atomic E-state index is 12.3. The number of hydrogen-bond acceptors (Lipinski definition) is 3. The molecule has 1 amide bonds. The number of alkyl halides is 3. The highest BCUT2D eigenvalue weighted by atomic mass is 19.4. The van der Waals surface area contributed by atoms with Crippen LogP contribution in [0, 0.1) is 0 Å². The highest BCUT2D eigenvalue weighted by Crippen LogP contribution is 2.27. The maximum atomic E-state index is 12.3. The molecule has 0 heterocycles. The van der Waals surface area contributed by atoms with Crippen LogP contribution in [0.4, 0.5) is 13.2 Å². The summed E-state index contributed by atoms with van der Waals surface area (Å²) in [6.45, 7) is 0. The predicted octanol–water partition coefficient (Wildman–Crippen LogP) is 2.62. The third-order valence-electron chi connectivity index (χ3n) is 3.40. The van der Waals surface area contributed by atoms with E-state index in [-0.39, 0.29) is 5.56 Å². The molecular formula is C14H16F3NO3. The van der Waals surface area contributed by atoms with Gasteiger partial charge in [-0.2, -0.15) is 0 Å². The third kappa shape index (κ3) is 4.35. The summed E-state index contributed by atoms with van der Waals surface area (Å²) >= 11 is 0. The normalized spacial score (nSPS) is 22.7. The number of halogens is 3. The molecule has 1 aromatic carbocycles. The van der Waals surface area contributed by atoms with Gasteiger partial charge in [-0.05, 0) is 25.0 Å². The van der Waals surface area contributed by atoms with E-state index in [4.69, 9.17) is 0 Å². The first-order valence-corrected chi connectivity index (χ1v) is 6.70. The van der Waals surface area contributed by atoms with Crippen LogP contribution in [0.3, 0.4) is 0 Å². The lowest BCUT2D eigenvalue weighted by molar-refractivity contribution is -0.274. The minimum atomic E-state index is -4.86. The van der Waals surface area contributed by atoms with Gasteiger partial charge in [0, 0.05) is 0 Å². The number of aliphatic hydroxyl groups excluding tert-OH is 1. The van der Waals surface area contributed by atoms with Crippen molar-refractivity contribution in [2.24, 2.45) is 0 Å². The van der Waals surface area contributed by atoms with Crippen LogP contribution in [-0.2, 0) is 0 Å². The minimum absolute atomic E-state index is 0.201. The van der Waals surface area contributed by atoms with Gasteiger partial charge in [-0.3, -0.25) is 4.79 Å². The van der Waals surface area contributed by atoms with E-state index in [2.05, 4.69) is 10.1 Å². The Morgan fingerprint density at radius 2 is 1.90 bits per heavy atom. The lowest BCUT2D eigenvalue weighted by atomic mass is 9.92. The van der Waals surface area contributed by atoms with E-state index in [9.17, 15) is 23.1 Å². The average molecular weight is 303 g/mol. The molecule has 4 nitrogen and oxygen atoms in total. The highest BCUT2D eigenvalue weighted by Gasteiger charge is 2.33. The fraction of sp³-hybridized carbons (Fsp3) is 0.500. The Bertz CT molecular complexity index is 504. The molecule has 1 aliphatic rings. The van der Waals surface area contributed by atoms with E-state index >= 15 is 0 Å². The van der Waals surface area contributed by atoms with E-state index in [0.29, 0.717) is 12.8 Å². The van der Waals surface area contributed by atoms with Gasteiger partial charge in [0.1, 0.15) is 5.75 Å². The fourth-order valence-corrected chi connectivity index (χ4v) is 2.39. The summed E-state index contributed by atoms with van der Waals surface area (Å²) < 4.78 is 40.8. The van der Waals surface area contributed by atoms with E-state index in [1.165, 1.54) is 18.2 Å². The number of rotatable bonds is 3. The van der Waals surface area contributed by atoms with Crippen LogP contribution >= 0.6 is 0 Å². The zero-order valence-electron chi connectivity index (χ0n) is 11.2.